The van der Waals surface area contributed by atoms with Crippen molar-refractivity contribution in [2.24, 2.45) is 5.73 Å². The summed E-state index contributed by atoms with van der Waals surface area (Å²) >= 11 is 0. The van der Waals surface area contributed by atoms with Crippen LogP contribution in [0, 0.1) is 6.92 Å². The molecule has 3 N–H and O–H groups in total. The Morgan fingerprint density at radius 1 is 1.62 bits per heavy atom. The van der Waals surface area contributed by atoms with Crippen molar-refractivity contribution in [2.75, 3.05) is 6.54 Å². The van der Waals surface area contributed by atoms with Crippen molar-refractivity contribution in [1.29, 1.82) is 0 Å². The van der Waals surface area contributed by atoms with E-state index in [4.69, 9.17) is 10.3 Å². The fourth-order valence-electron chi connectivity index (χ4n) is 1.22. The minimum atomic E-state index is -0.372. The summed E-state index contributed by atoms with van der Waals surface area (Å²) in [5.74, 6) is -0.000810. The number of amides is 1. The van der Waals surface area contributed by atoms with Gasteiger partial charge in [-0.15, -0.1) is 0 Å². The van der Waals surface area contributed by atoms with Gasteiger partial charge in [-0.2, -0.15) is 0 Å². The van der Waals surface area contributed by atoms with E-state index in [0.717, 1.165) is 11.3 Å². The highest BCUT2D eigenvalue weighted by Crippen LogP contribution is 2.07. The quantitative estimate of drug-likeness (QED) is 0.775. The van der Waals surface area contributed by atoms with Crippen LogP contribution in [0.2, 0.25) is 0 Å². The minimum Gasteiger partial charge on any atom is -0.364 e. The zero-order valence-corrected chi connectivity index (χ0v) is 10.0. The van der Waals surface area contributed by atoms with Crippen LogP contribution in [0.4, 0.5) is 0 Å². The summed E-state index contributed by atoms with van der Waals surface area (Å²) < 4.78 is 4.79. The number of aryl methyl sites for hydroxylation is 2. The van der Waals surface area contributed by atoms with Gasteiger partial charge in [-0.3, -0.25) is 4.79 Å². The molecule has 0 unspecified atom stereocenters. The lowest BCUT2D eigenvalue weighted by Gasteiger charge is -2.18. The Bertz CT molecular complexity index is 352. The van der Waals surface area contributed by atoms with E-state index in [1.54, 1.807) is 6.26 Å². The summed E-state index contributed by atoms with van der Waals surface area (Å²) in [4.78, 5) is 11.5. The molecule has 0 aliphatic carbocycles. The van der Waals surface area contributed by atoms with Gasteiger partial charge in [-0.1, -0.05) is 5.16 Å². The highest BCUT2D eigenvalue weighted by Gasteiger charge is 2.12. The van der Waals surface area contributed by atoms with Crippen LogP contribution >= 0.6 is 0 Å². The second kappa shape index (κ2) is 5.12. The second-order valence-corrected chi connectivity index (χ2v) is 4.69. The van der Waals surface area contributed by atoms with Gasteiger partial charge in [0.05, 0.1) is 5.69 Å². The average Bonchev–Trinajstić information content (AvgIpc) is 2.57. The molecule has 0 atom stereocenters. The number of hydrogen-bond acceptors (Lipinski definition) is 4. The molecule has 1 aromatic rings. The molecular formula is C11H19N3O2. The molecule has 0 saturated heterocycles. The summed E-state index contributed by atoms with van der Waals surface area (Å²) in [5.41, 5.74) is 7.20. The summed E-state index contributed by atoms with van der Waals surface area (Å²) in [6.45, 7) is 6.09. The molecule has 1 heterocycles. The van der Waals surface area contributed by atoms with E-state index in [1.165, 1.54) is 0 Å². The average molecular weight is 225 g/mol. The van der Waals surface area contributed by atoms with Gasteiger partial charge < -0.3 is 15.6 Å². The van der Waals surface area contributed by atoms with Crippen LogP contribution in [0.1, 0.15) is 31.5 Å². The lowest BCUT2D eigenvalue weighted by molar-refractivity contribution is -0.121. The van der Waals surface area contributed by atoms with Crippen molar-refractivity contribution in [1.82, 2.24) is 10.5 Å². The number of rotatable bonds is 5. The predicted molar refractivity (Wildman–Crippen MR) is 60.8 cm³/mol. The lowest BCUT2D eigenvalue weighted by atomic mass is 10.1. The monoisotopic (exact) mass is 225 g/mol. The van der Waals surface area contributed by atoms with Crippen molar-refractivity contribution < 1.29 is 9.32 Å². The summed E-state index contributed by atoms with van der Waals surface area (Å²) in [5, 5.41) is 6.54. The molecule has 0 aliphatic rings. The van der Waals surface area contributed by atoms with E-state index in [2.05, 4.69) is 10.5 Å². The third-order valence-electron chi connectivity index (χ3n) is 2.21. The van der Waals surface area contributed by atoms with Crippen LogP contribution in [0.5, 0.6) is 0 Å². The molecule has 0 aliphatic heterocycles. The van der Waals surface area contributed by atoms with Crippen LogP contribution in [0.3, 0.4) is 0 Å². The van der Waals surface area contributed by atoms with Crippen LogP contribution in [-0.2, 0) is 11.2 Å². The predicted octanol–water partition coefficient (Wildman–Crippen LogP) is 0.769. The highest BCUT2D eigenvalue weighted by molar-refractivity contribution is 5.76. The normalized spacial score (nSPS) is 11.5. The van der Waals surface area contributed by atoms with Gasteiger partial charge in [-0.05, 0) is 27.2 Å². The molecule has 90 valence electrons. The Hall–Kier alpha value is -1.36. The van der Waals surface area contributed by atoms with Crippen molar-refractivity contribution in [3.63, 3.8) is 0 Å². The summed E-state index contributed by atoms with van der Waals surface area (Å²) in [7, 11) is 0. The van der Waals surface area contributed by atoms with Gasteiger partial charge in [0, 0.05) is 24.1 Å². The van der Waals surface area contributed by atoms with Crippen LogP contribution < -0.4 is 11.1 Å². The maximum Gasteiger partial charge on any atom is 0.220 e. The standard InChI is InChI=1S/C11H19N3O2/c1-8-9(6-16-14-8)4-5-10(15)13-7-11(2,3)12/h6H,4-5,7,12H2,1-3H3,(H,13,15). The highest BCUT2D eigenvalue weighted by atomic mass is 16.5. The largest absolute Gasteiger partial charge is 0.364 e. The second-order valence-electron chi connectivity index (χ2n) is 4.69. The maximum absolute atomic E-state index is 11.5. The molecule has 0 radical (unpaired) electrons. The van der Waals surface area contributed by atoms with E-state index in [-0.39, 0.29) is 11.4 Å². The lowest BCUT2D eigenvalue weighted by Crippen LogP contribution is -2.45. The van der Waals surface area contributed by atoms with E-state index in [9.17, 15) is 4.79 Å². The summed E-state index contributed by atoms with van der Waals surface area (Å²) in [6.07, 6.45) is 2.65. The number of carbonyl (C=O) groups is 1. The number of hydrogen-bond donors (Lipinski definition) is 2. The van der Waals surface area contributed by atoms with Gasteiger partial charge in [-0.25, -0.2) is 0 Å². The molecule has 0 bridgehead atoms. The molecule has 0 saturated carbocycles. The fourth-order valence-corrected chi connectivity index (χ4v) is 1.22. The Balaban J connectivity index is 2.29. The first-order valence-electron chi connectivity index (χ1n) is 5.34. The number of aromatic nitrogens is 1. The molecule has 0 aromatic carbocycles. The molecule has 5 heteroatoms. The van der Waals surface area contributed by atoms with Gasteiger partial charge in [0.15, 0.2) is 0 Å². The van der Waals surface area contributed by atoms with E-state index in [0.29, 0.717) is 19.4 Å². The van der Waals surface area contributed by atoms with Crippen molar-refractivity contribution in [3.05, 3.63) is 17.5 Å². The van der Waals surface area contributed by atoms with E-state index >= 15 is 0 Å². The van der Waals surface area contributed by atoms with Gasteiger partial charge in [0.1, 0.15) is 6.26 Å². The topological polar surface area (TPSA) is 81.2 Å². The first-order valence-corrected chi connectivity index (χ1v) is 5.34. The fraction of sp³-hybridized carbons (Fsp3) is 0.636. The Morgan fingerprint density at radius 3 is 2.81 bits per heavy atom. The van der Waals surface area contributed by atoms with Crippen molar-refractivity contribution >= 4 is 5.91 Å². The Labute approximate surface area is 95.4 Å². The molecule has 5 nitrogen and oxygen atoms in total. The molecular weight excluding hydrogens is 206 g/mol. The van der Waals surface area contributed by atoms with Crippen molar-refractivity contribution in [3.8, 4) is 0 Å². The zero-order chi connectivity index (χ0) is 12.2. The van der Waals surface area contributed by atoms with Gasteiger partial charge in [0.2, 0.25) is 5.91 Å². The van der Waals surface area contributed by atoms with Gasteiger partial charge in [0.25, 0.3) is 0 Å². The third kappa shape index (κ3) is 4.44. The molecule has 16 heavy (non-hydrogen) atoms. The van der Waals surface area contributed by atoms with Crippen LogP contribution in [-0.4, -0.2) is 23.1 Å². The molecule has 1 rings (SSSR count). The molecule has 0 fully saturated rings. The van der Waals surface area contributed by atoms with Gasteiger partial charge >= 0.3 is 0 Å². The zero-order valence-electron chi connectivity index (χ0n) is 10.0. The number of carbonyl (C=O) groups excluding carboxylic acids is 1. The Morgan fingerprint density at radius 2 is 2.31 bits per heavy atom. The minimum absolute atomic E-state index is 0.000810. The number of nitrogens with zero attached hydrogens (tertiary/aromatic N) is 1. The molecule has 1 aromatic heterocycles. The van der Waals surface area contributed by atoms with E-state index < -0.39 is 0 Å². The third-order valence-corrected chi connectivity index (χ3v) is 2.21. The maximum atomic E-state index is 11.5. The SMILES string of the molecule is Cc1nocc1CCC(=O)NCC(C)(C)N. The Kier molecular flexibility index (Phi) is 4.06. The first kappa shape index (κ1) is 12.7. The smallest absolute Gasteiger partial charge is 0.220 e. The molecule has 0 spiro atoms. The van der Waals surface area contributed by atoms with Crippen LogP contribution in [0.25, 0.3) is 0 Å². The first-order chi connectivity index (χ1) is 7.38. The summed E-state index contributed by atoms with van der Waals surface area (Å²) in [6, 6.07) is 0. The number of nitrogens with two attached hydrogens (primary N) is 1. The number of nitrogens with one attached hydrogen (secondary N) is 1. The van der Waals surface area contributed by atoms with Crippen molar-refractivity contribution in [2.45, 2.75) is 39.2 Å². The van der Waals surface area contributed by atoms with Crippen LogP contribution in [0.15, 0.2) is 10.8 Å². The molecule has 1 amide bonds. The van der Waals surface area contributed by atoms with E-state index in [1.807, 2.05) is 20.8 Å².